The van der Waals surface area contributed by atoms with Gasteiger partial charge in [-0.15, -0.1) is 0 Å². The van der Waals surface area contributed by atoms with Crippen LogP contribution >= 0.6 is 11.8 Å². The number of hydrogen-bond donors (Lipinski definition) is 1. The smallest absolute Gasteiger partial charge is 0.230 e. The molecule has 0 aliphatic carbocycles. The minimum atomic E-state index is 0.0443. The van der Waals surface area contributed by atoms with Gasteiger partial charge in [-0.3, -0.25) is 4.79 Å². The van der Waals surface area contributed by atoms with Gasteiger partial charge in [-0.1, -0.05) is 68.3 Å². The molecule has 1 N–H and O–H groups in total. The molecule has 1 aromatic heterocycles. The van der Waals surface area contributed by atoms with Gasteiger partial charge in [0.15, 0.2) is 5.16 Å². The SMILES string of the molecule is CCCCCCNC(=O)CSc1nc(C)cc(-c2ccccc2)n1. The van der Waals surface area contributed by atoms with E-state index in [1.54, 1.807) is 0 Å². The summed E-state index contributed by atoms with van der Waals surface area (Å²) >= 11 is 1.39. The minimum Gasteiger partial charge on any atom is -0.355 e. The van der Waals surface area contributed by atoms with Crippen molar-refractivity contribution in [1.29, 1.82) is 0 Å². The van der Waals surface area contributed by atoms with E-state index in [9.17, 15) is 4.79 Å². The number of nitrogens with zero attached hydrogens (tertiary/aromatic N) is 2. The molecule has 5 heteroatoms. The molecule has 0 aliphatic heterocycles. The maximum Gasteiger partial charge on any atom is 0.230 e. The van der Waals surface area contributed by atoms with E-state index in [1.165, 1.54) is 31.0 Å². The standard InChI is InChI=1S/C19H25N3OS/c1-3-4-5-9-12-20-18(23)14-24-19-21-15(2)13-17(22-19)16-10-7-6-8-11-16/h6-8,10-11,13H,3-5,9,12,14H2,1-2H3,(H,20,23). The van der Waals surface area contributed by atoms with E-state index in [4.69, 9.17) is 0 Å². The molecule has 0 bridgehead atoms. The summed E-state index contributed by atoms with van der Waals surface area (Å²) in [4.78, 5) is 20.9. The number of hydrogen-bond acceptors (Lipinski definition) is 4. The van der Waals surface area contributed by atoms with Crippen molar-refractivity contribution in [1.82, 2.24) is 15.3 Å². The summed E-state index contributed by atoms with van der Waals surface area (Å²) in [5.41, 5.74) is 2.86. The Bertz CT molecular complexity index is 646. The monoisotopic (exact) mass is 343 g/mol. The first-order valence-electron chi connectivity index (χ1n) is 8.49. The van der Waals surface area contributed by atoms with Gasteiger partial charge in [-0.2, -0.15) is 0 Å². The number of aryl methyl sites for hydroxylation is 1. The third kappa shape index (κ3) is 6.32. The van der Waals surface area contributed by atoms with Crippen LogP contribution in [0.5, 0.6) is 0 Å². The Balaban J connectivity index is 1.86. The molecular formula is C19H25N3OS. The number of nitrogens with one attached hydrogen (secondary N) is 1. The Hall–Kier alpha value is -1.88. The van der Waals surface area contributed by atoms with Crippen LogP contribution in [0.25, 0.3) is 11.3 Å². The molecule has 0 spiro atoms. The number of carbonyl (C=O) groups excluding carboxylic acids is 1. The van der Waals surface area contributed by atoms with Crippen molar-refractivity contribution < 1.29 is 4.79 Å². The van der Waals surface area contributed by atoms with E-state index < -0.39 is 0 Å². The van der Waals surface area contributed by atoms with Crippen LogP contribution in [0.1, 0.15) is 38.3 Å². The number of aromatic nitrogens is 2. The van der Waals surface area contributed by atoms with Crippen molar-refractivity contribution in [2.75, 3.05) is 12.3 Å². The molecule has 0 atom stereocenters. The summed E-state index contributed by atoms with van der Waals surface area (Å²) in [7, 11) is 0. The van der Waals surface area contributed by atoms with Crippen molar-refractivity contribution in [3.63, 3.8) is 0 Å². The molecule has 1 heterocycles. The zero-order chi connectivity index (χ0) is 17.2. The number of carbonyl (C=O) groups is 1. The van der Waals surface area contributed by atoms with Crippen molar-refractivity contribution in [2.24, 2.45) is 0 Å². The lowest BCUT2D eigenvalue weighted by atomic mass is 10.1. The van der Waals surface area contributed by atoms with E-state index in [-0.39, 0.29) is 5.91 Å². The molecule has 2 rings (SSSR count). The Kier molecular flexibility index (Phi) is 7.75. The van der Waals surface area contributed by atoms with Crippen LogP contribution in [0.15, 0.2) is 41.6 Å². The maximum absolute atomic E-state index is 11.9. The van der Waals surface area contributed by atoms with Crippen molar-refractivity contribution in [2.45, 2.75) is 44.7 Å². The molecule has 1 aromatic carbocycles. The molecule has 24 heavy (non-hydrogen) atoms. The topological polar surface area (TPSA) is 54.9 Å². The predicted octanol–water partition coefficient (Wildman–Crippen LogP) is 4.24. The van der Waals surface area contributed by atoms with Gasteiger partial charge in [0.05, 0.1) is 11.4 Å². The second-order valence-corrected chi connectivity index (χ2v) is 6.68. The third-order valence-corrected chi connectivity index (χ3v) is 4.44. The number of unbranched alkanes of at least 4 members (excludes halogenated alkanes) is 3. The molecule has 0 unspecified atom stereocenters. The molecule has 1 amide bonds. The summed E-state index contributed by atoms with van der Waals surface area (Å²) in [6.45, 7) is 4.89. The van der Waals surface area contributed by atoms with Crippen LogP contribution in [0.3, 0.4) is 0 Å². The predicted molar refractivity (Wildman–Crippen MR) is 100 cm³/mol. The lowest BCUT2D eigenvalue weighted by Crippen LogP contribution is -2.26. The van der Waals surface area contributed by atoms with Crippen LogP contribution in [-0.4, -0.2) is 28.2 Å². The zero-order valence-corrected chi connectivity index (χ0v) is 15.2. The summed E-state index contributed by atoms with van der Waals surface area (Å²) in [5, 5.41) is 3.61. The van der Waals surface area contributed by atoms with Crippen LogP contribution < -0.4 is 5.32 Å². The van der Waals surface area contributed by atoms with E-state index in [0.717, 1.165) is 29.9 Å². The van der Waals surface area contributed by atoms with Gasteiger partial charge in [0.1, 0.15) is 0 Å². The highest BCUT2D eigenvalue weighted by Crippen LogP contribution is 2.21. The normalized spacial score (nSPS) is 10.6. The lowest BCUT2D eigenvalue weighted by Gasteiger charge is -2.07. The van der Waals surface area contributed by atoms with Gasteiger partial charge >= 0.3 is 0 Å². The fraction of sp³-hybridized carbons (Fsp3) is 0.421. The highest BCUT2D eigenvalue weighted by molar-refractivity contribution is 7.99. The molecule has 128 valence electrons. The number of amides is 1. The van der Waals surface area contributed by atoms with Crippen LogP contribution in [0.2, 0.25) is 0 Å². The summed E-state index contributed by atoms with van der Waals surface area (Å²) in [6, 6.07) is 12.0. The van der Waals surface area contributed by atoms with E-state index in [1.807, 2.05) is 43.3 Å². The van der Waals surface area contributed by atoms with Crippen molar-refractivity contribution in [3.05, 3.63) is 42.1 Å². The summed E-state index contributed by atoms with van der Waals surface area (Å²) in [6.07, 6.45) is 4.65. The second kappa shape index (κ2) is 10.1. The Morgan fingerprint density at radius 2 is 1.92 bits per heavy atom. The second-order valence-electron chi connectivity index (χ2n) is 5.74. The largest absolute Gasteiger partial charge is 0.355 e. The summed E-state index contributed by atoms with van der Waals surface area (Å²) < 4.78 is 0. The maximum atomic E-state index is 11.9. The van der Waals surface area contributed by atoms with Gasteiger partial charge in [0.2, 0.25) is 5.91 Å². The van der Waals surface area contributed by atoms with Gasteiger partial charge in [-0.25, -0.2) is 9.97 Å². The molecule has 4 nitrogen and oxygen atoms in total. The number of thioether (sulfide) groups is 1. The number of rotatable bonds is 9. The molecule has 0 radical (unpaired) electrons. The van der Waals surface area contributed by atoms with Gasteiger partial charge in [0.25, 0.3) is 0 Å². The van der Waals surface area contributed by atoms with Gasteiger partial charge in [0, 0.05) is 17.8 Å². The van der Waals surface area contributed by atoms with Crippen LogP contribution in [0.4, 0.5) is 0 Å². The van der Waals surface area contributed by atoms with Gasteiger partial charge < -0.3 is 5.32 Å². The Labute approximate surface area is 148 Å². The third-order valence-electron chi connectivity index (χ3n) is 3.59. The Morgan fingerprint density at radius 1 is 1.12 bits per heavy atom. The Morgan fingerprint density at radius 3 is 2.67 bits per heavy atom. The summed E-state index contributed by atoms with van der Waals surface area (Å²) in [5.74, 6) is 0.397. The molecule has 0 saturated carbocycles. The quantitative estimate of drug-likeness (QED) is 0.420. The fourth-order valence-electron chi connectivity index (χ4n) is 2.32. The van der Waals surface area contributed by atoms with Crippen LogP contribution in [0, 0.1) is 6.92 Å². The highest BCUT2D eigenvalue weighted by Gasteiger charge is 2.08. The average molecular weight is 343 g/mol. The number of benzene rings is 1. The molecule has 2 aromatic rings. The zero-order valence-electron chi connectivity index (χ0n) is 14.4. The fourth-order valence-corrected chi connectivity index (χ4v) is 3.06. The highest BCUT2D eigenvalue weighted by atomic mass is 32.2. The first-order chi connectivity index (χ1) is 11.7. The van der Waals surface area contributed by atoms with Crippen LogP contribution in [-0.2, 0) is 4.79 Å². The van der Waals surface area contributed by atoms with E-state index in [0.29, 0.717) is 10.9 Å². The van der Waals surface area contributed by atoms with Gasteiger partial charge in [-0.05, 0) is 19.4 Å². The molecule has 0 saturated heterocycles. The first-order valence-corrected chi connectivity index (χ1v) is 9.48. The first kappa shape index (κ1) is 18.5. The van der Waals surface area contributed by atoms with E-state index in [2.05, 4.69) is 22.2 Å². The lowest BCUT2D eigenvalue weighted by molar-refractivity contribution is -0.118. The molecule has 0 aliphatic rings. The van der Waals surface area contributed by atoms with Crippen molar-refractivity contribution >= 4 is 17.7 Å². The molecular weight excluding hydrogens is 318 g/mol. The van der Waals surface area contributed by atoms with E-state index >= 15 is 0 Å². The molecule has 0 fully saturated rings. The minimum absolute atomic E-state index is 0.0443. The van der Waals surface area contributed by atoms with Crippen molar-refractivity contribution in [3.8, 4) is 11.3 Å². The average Bonchev–Trinajstić information content (AvgIpc) is 2.60.